The number of benzene rings is 1. The topological polar surface area (TPSA) is 83.5 Å². The molecular formula is C8H9INNaO4S. The standard InChI is InChI=1S/C8H8INO4S.Na.H/c9-5-8(11)10-6-1-3-7(4-2-6)15(12,13)14;;/h1-4H,5H2,(H,10,11)(H,12,13,14);;. The van der Waals surface area contributed by atoms with Gasteiger partial charge in [-0.15, -0.1) is 0 Å². The summed E-state index contributed by atoms with van der Waals surface area (Å²) in [5.74, 6) is -0.171. The maximum absolute atomic E-state index is 11.0. The van der Waals surface area contributed by atoms with Crippen molar-refractivity contribution >= 4 is 73.9 Å². The van der Waals surface area contributed by atoms with Crippen molar-refractivity contribution in [1.29, 1.82) is 0 Å². The Morgan fingerprint density at radius 1 is 1.31 bits per heavy atom. The van der Waals surface area contributed by atoms with Gasteiger partial charge in [0.25, 0.3) is 10.1 Å². The van der Waals surface area contributed by atoms with Crippen LogP contribution in [0.1, 0.15) is 0 Å². The van der Waals surface area contributed by atoms with Gasteiger partial charge in [0.2, 0.25) is 5.91 Å². The molecule has 1 amide bonds. The number of hydrogen-bond donors (Lipinski definition) is 2. The third kappa shape index (κ3) is 5.11. The number of amides is 1. The van der Waals surface area contributed by atoms with Gasteiger partial charge in [0, 0.05) is 5.69 Å². The first kappa shape index (κ1) is 16.3. The molecule has 0 fully saturated rings. The van der Waals surface area contributed by atoms with Gasteiger partial charge in [-0.25, -0.2) is 0 Å². The Hall–Kier alpha value is 0.330. The molecule has 0 aromatic heterocycles. The number of carbonyl (C=O) groups is 1. The van der Waals surface area contributed by atoms with Gasteiger partial charge in [-0.1, -0.05) is 22.6 Å². The van der Waals surface area contributed by atoms with Crippen LogP contribution in [0, 0.1) is 0 Å². The maximum atomic E-state index is 11.0. The average molecular weight is 365 g/mol. The van der Waals surface area contributed by atoms with Gasteiger partial charge in [0.15, 0.2) is 0 Å². The molecule has 84 valence electrons. The van der Waals surface area contributed by atoms with Crippen LogP contribution in [-0.2, 0) is 14.9 Å². The molecule has 0 heterocycles. The number of hydrogen-bond acceptors (Lipinski definition) is 3. The number of rotatable bonds is 3. The number of nitrogens with one attached hydrogen (secondary N) is 1. The molecule has 5 nitrogen and oxygen atoms in total. The van der Waals surface area contributed by atoms with E-state index in [0.29, 0.717) is 10.1 Å². The summed E-state index contributed by atoms with van der Waals surface area (Å²) in [6.45, 7) is 0. The number of carbonyl (C=O) groups excluding carboxylic acids is 1. The molecule has 16 heavy (non-hydrogen) atoms. The van der Waals surface area contributed by atoms with Crippen LogP contribution in [0.2, 0.25) is 0 Å². The minimum atomic E-state index is -4.17. The molecule has 1 aromatic rings. The Labute approximate surface area is 129 Å². The summed E-state index contributed by atoms with van der Waals surface area (Å²) in [4.78, 5) is 10.8. The SMILES string of the molecule is O=C(CI)Nc1ccc(S(=O)(=O)O)cc1.[NaH]. The molecule has 2 N–H and O–H groups in total. The summed E-state index contributed by atoms with van der Waals surface area (Å²) >= 11 is 1.91. The zero-order valence-electron chi connectivity index (χ0n) is 7.47. The van der Waals surface area contributed by atoms with Crippen LogP contribution in [0.4, 0.5) is 5.69 Å². The van der Waals surface area contributed by atoms with E-state index in [1.165, 1.54) is 24.3 Å². The molecule has 0 aliphatic rings. The predicted octanol–water partition coefficient (Wildman–Crippen LogP) is 0.658. The number of alkyl halides is 1. The van der Waals surface area contributed by atoms with Gasteiger partial charge in [-0.2, -0.15) is 8.42 Å². The van der Waals surface area contributed by atoms with Crippen molar-refractivity contribution < 1.29 is 17.8 Å². The van der Waals surface area contributed by atoms with Crippen LogP contribution >= 0.6 is 22.6 Å². The van der Waals surface area contributed by atoms with Crippen LogP contribution in [0.15, 0.2) is 29.2 Å². The quantitative estimate of drug-likeness (QED) is 0.357. The fourth-order valence-electron chi connectivity index (χ4n) is 0.905. The van der Waals surface area contributed by atoms with E-state index in [1.54, 1.807) is 0 Å². The summed E-state index contributed by atoms with van der Waals surface area (Å²) in [7, 11) is -4.17. The molecule has 0 saturated carbocycles. The van der Waals surface area contributed by atoms with Crippen LogP contribution < -0.4 is 5.32 Å². The molecule has 8 heteroatoms. The van der Waals surface area contributed by atoms with Crippen molar-refractivity contribution in [2.75, 3.05) is 9.74 Å². The second kappa shape index (κ2) is 6.92. The normalized spacial score (nSPS) is 10.4. The first-order valence-electron chi connectivity index (χ1n) is 3.87. The average Bonchev–Trinajstić information content (AvgIpc) is 2.17. The summed E-state index contributed by atoms with van der Waals surface area (Å²) < 4.78 is 30.4. The third-order valence-electron chi connectivity index (χ3n) is 1.56. The summed E-state index contributed by atoms with van der Waals surface area (Å²) in [5.41, 5.74) is 0.490. The fraction of sp³-hybridized carbons (Fsp3) is 0.125. The zero-order chi connectivity index (χ0) is 11.5. The summed E-state index contributed by atoms with van der Waals surface area (Å²) in [6.07, 6.45) is 0. The van der Waals surface area contributed by atoms with E-state index < -0.39 is 10.1 Å². The van der Waals surface area contributed by atoms with Gasteiger partial charge in [0.1, 0.15) is 0 Å². The van der Waals surface area contributed by atoms with E-state index in [2.05, 4.69) is 5.32 Å². The van der Waals surface area contributed by atoms with Crippen molar-refractivity contribution in [2.45, 2.75) is 4.90 Å². The van der Waals surface area contributed by atoms with Crippen LogP contribution in [0.5, 0.6) is 0 Å². The zero-order valence-corrected chi connectivity index (χ0v) is 10.4. The van der Waals surface area contributed by atoms with Gasteiger partial charge < -0.3 is 5.32 Å². The van der Waals surface area contributed by atoms with E-state index >= 15 is 0 Å². The number of halogens is 1. The fourth-order valence-corrected chi connectivity index (χ4v) is 1.58. The molecule has 0 unspecified atom stereocenters. The Bertz CT molecular complexity index is 459. The van der Waals surface area contributed by atoms with E-state index in [1.807, 2.05) is 22.6 Å². The molecule has 1 aromatic carbocycles. The Morgan fingerprint density at radius 3 is 2.19 bits per heavy atom. The summed E-state index contributed by atoms with van der Waals surface area (Å²) in [5, 5.41) is 2.55. The Balaban J connectivity index is 0.00000225. The molecule has 0 saturated heterocycles. The van der Waals surface area contributed by atoms with Gasteiger partial charge >= 0.3 is 29.6 Å². The van der Waals surface area contributed by atoms with Crippen molar-refractivity contribution in [3.05, 3.63) is 24.3 Å². The molecule has 0 atom stereocenters. The molecule has 0 aliphatic heterocycles. The van der Waals surface area contributed by atoms with E-state index in [0.717, 1.165) is 0 Å². The molecule has 0 aliphatic carbocycles. The van der Waals surface area contributed by atoms with Crippen molar-refractivity contribution in [1.82, 2.24) is 0 Å². The molecule has 1 rings (SSSR count). The number of anilines is 1. The van der Waals surface area contributed by atoms with Crippen molar-refractivity contribution in [3.8, 4) is 0 Å². The Kier molecular flexibility index (Phi) is 7.06. The van der Waals surface area contributed by atoms with E-state index in [-0.39, 0.29) is 40.4 Å². The van der Waals surface area contributed by atoms with Gasteiger partial charge in [0.05, 0.1) is 9.32 Å². The summed E-state index contributed by atoms with van der Waals surface area (Å²) in [6, 6.07) is 5.26. The third-order valence-corrected chi connectivity index (χ3v) is 3.12. The van der Waals surface area contributed by atoms with Crippen LogP contribution in [0.3, 0.4) is 0 Å². The molecule has 0 spiro atoms. The first-order chi connectivity index (χ1) is 6.93. The predicted molar refractivity (Wildman–Crippen MR) is 70.9 cm³/mol. The van der Waals surface area contributed by atoms with Crippen molar-refractivity contribution in [3.63, 3.8) is 0 Å². The second-order valence-corrected chi connectivity index (χ2v) is 4.87. The molecule has 0 radical (unpaired) electrons. The van der Waals surface area contributed by atoms with E-state index in [9.17, 15) is 13.2 Å². The minimum absolute atomic E-state index is 0. The monoisotopic (exact) mass is 365 g/mol. The second-order valence-electron chi connectivity index (χ2n) is 2.68. The van der Waals surface area contributed by atoms with Crippen LogP contribution in [-0.4, -0.2) is 52.9 Å². The molecular weight excluding hydrogens is 356 g/mol. The van der Waals surface area contributed by atoms with Gasteiger partial charge in [-0.05, 0) is 24.3 Å². The van der Waals surface area contributed by atoms with Gasteiger partial charge in [-0.3, -0.25) is 9.35 Å². The van der Waals surface area contributed by atoms with E-state index in [4.69, 9.17) is 4.55 Å². The molecule has 0 bridgehead atoms. The van der Waals surface area contributed by atoms with Crippen molar-refractivity contribution in [2.24, 2.45) is 0 Å². The van der Waals surface area contributed by atoms with Crippen LogP contribution in [0.25, 0.3) is 0 Å². The first-order valence-corrected chi connectivity index (χ1v) is 6.83. The Morgan fingerprint density at radius 2 is 1.81 bits per heavy atom.